The van der Waals surface area contributed by atoms with Crippen molar-refractivity contribution in [2.75, 3.05) is 25.2 Å². The van der Waals surface area contributed by atoms with Gasteiger partial charge in [0.2, 0.25) is 0 Å². The van der Waals surface area contributed by atoms with E-state index in [0.29, 0.717) is 47.3 Å². The molecule has 4 rings (SSSR count). The maximum absolute atomic E-state index is 13.6. The minimum Gasteiger partial charge on any atom is -0.507 e. The van der Waals surface area contributed by atoms with Gasteiger partial charge in [0.1, 0.15) is 11.5 Å². The van der Waals surface area contributed by atoms with Gasteiger partial charge in [0.25, 0.3) is 11.7 Å². The number of carbonyl (C=O) groups excluding carboxylic acids is 2. The van der Waals surface area contributed by atoms with Crippen LogP contribution in [0, 0.1) is 20.8 Å². The van der Waals surface area contributed by atoms with Gasteiger partial charge in [-0.1, -0.05) is 19.1 Å². The molecule has 0 spiro atoms. The Kier molecular flexibility index (Phi) is 8.29. The van der Waals surface area contributed by atoms with E-state index in [1.165, 1.54) is 4.90 Å². The largest absolute Gasteiger partial charge is 0.507 e. The van der Waals surface area contributed by atoms with E-state index in [2.05, 4.69) is 0 Å². The molecule has 1 fully saturated rings. The van der Waals surface area contributed by atoms with Crippen molar-refractivity contribution in [2.24, 2.45) is 0 Å². The van der Waals surface area contributed by atoms with Crippen LogP contribution in [-0.2, 0) is 9.59 Å². The van der Waals surface area contributed by atoms with Crippen molar-refractivity contribution in [3.05, 3.63) is 88.0 Å². The first-order valence-electron chi connectivity index (χ1n) is 13.1. The van der Waals surface area contributed by atoms with Crippen LogP contribution in [0.15, 0.2) is 60.2 Å². The number of anilines is 1. The fourth-order valence-corrected chi connectivity index (χ4v) is 4.96. The highest BCUT2D eigenvalue weighted by Crippen LogP contribution is 2.44. The van der Waals surface area contributed by atoms with E-state index in [1.807, 2.05) is 52.8 Å². The topological polar surface area (TPSA) is 85.3 Å². The lowest BCUT2D eigenvalue weighted by Gasteiger charge is -2.27. The number of carbonyl (C=O) groups is 2. The van der Waals surface area contributed by atoms with Crippen LogP contribution in [-0.4, -0.2) is 37.1 Å². The maximum atomic E-state index is 13.6. The van der Waals surface area contributed by atoms with Crippen molar-refractivity contribution in [1.82, 2.24) is 0 Å². The van der Waals surface area contributed by atoms with Crippen molar-refractivity contribution in [3.63, 3.8) is 0 Å². The summed E-state index contributed by atoms with van der Waals surface area (Å²) in [7, 11) is 1.55. The molecule has 1 aliphatic rings. The first-order chi connectivity index (χ1) is 18.7. The van der Waals surface area contributed by atoms with Gasteiger partial charge in [0.05, 0.1) is 31.9 Å². The number of aliphatic hydroxyl groups is 1. The van der Waals surface area contributed by atoms with Crippen LogP contribution in [0.4, 0.5) is 5.69 Å². The second-order valence-corrected chi connectivity index (χ2v) is 9.69. The third-order valence-electron chi connectivity index (χ3n) is 6.64. The zero-order valence-electron chi connectivity index (χ0n) is 23.3. The van der Waals surface area contributed by atoms with Gasteiger partial charge in [-0.05, 0) is 98.8 Å². The van der Waals surface area contributed by atoms with Crippen molar-refractivity contribution in [1.29, 1.82) is 0 Å². The highest BCUT2D eigenvalue weighted by Gasteiger charge is 2.47. The van der Waals surface area contributed by atoms with Gasteiger partial charge < -0.3 is 19.3 Å². The molecule has 1 atom stereocenters. The molecule has 1 unspecified atom stereocenters. The molecule has 3 aromatic carbocycles. The average Bonchev–Trinajstić information content (AvgIpc) is 3.17. The predicted molar refractivity (Wildman–Crippen MR) is 152 cm³/mol. The van der Waals surface area contributed by atoms with Crippen LogP contribution in [0.5, 0.6) is 17.2 Å². The van der Waals surface area contributed by atoms with E-state index >= 15 is 0 Å². The first-order valence-corrected chi connectivity index (χ1v) is 13.1. The number of hydrogen-bond acceptors (Lipinski definition) is 6. The third-order valence-corrected chi connectivity index (χ3v) is 6.64. The first kappa shape index (κ1) is 27.8. The fourth-order valence-electron chi connectivity index (χ4n) is 4.96. The van der Waals surface area contributed by atoms with Crippen LogP contribution in [0.1, 0.15) is 54.1 Å². The smallest absolute Gasteiger partial charge is 0.300 e. The molecular weight excluding hydrogens is 494 g/mol. The van der Waals surface area contributed by atoms with Gasteiger partial charge in [-0.3, -0.25) is 14.5 Å². The number of rotatable bonds is 9. The van der Waals surface area contributed by atoms with Crippen LogP contribution in [0.3, 0.4) is 0 Å². The van der Waals surface area contributed by atoms with Gasteiger partial charge in [-0.2, -0.15) is 0 Å². The Morgan fingerprint density at radius 2 is 1.56 bits per heavy atom. The Hall–Kier alpha value is -4.26. The highest BCUT2D eigenvalue weighted by molar-refractivity contribution is 6.51. The summed E-state index contributed by atoms with van der Waals surface area (Å²) >= 11 is 0. The lowest BCUT2D eigenvalue weighted by molar-refractivity contribution is -0.132. The number of methoxy groups -OCH3 is 1. The molecule has 1 N–H and O–H groups in total. The van der Waals surface area contributed by atoms with E-state index < -0.39 is 17.7 Å². The van der Waals surface area contributed by atoms with Crippen molar-refractivity contribution < 1.29 is 28.9 Å². The van der Waals surface area contributed by atoms with Crippen LogP contribution >= 0.6 is 0 Å². The third kappa shape index (κ3) is 5.48. The number of ketones is 1. The molecule has 0 aliphatic carbocycles. The molecule has 3 aromatic rings. The molecular formula is C32H35NO6. The van der Waals surface area contributed by atoms with Gasteiger partial charge in [0.15, 0.2) is 11.5 Å². The predicted octanol–water partition coefficient (Wildman–Crippen LogP) is 6.43. The Balaban J connectivity index is 1.94. The van der Waals surface area contributed by atoms with Crippen LogP contribution in [0.2, 0.25) is 0 Å². The van der Waals surface area contributed by atoms with E-state index in [1.54, 1.807) is 43.5 Å². The summed E-state index contributed by atoms with van der Waals surface area (Å²) < 4.78 is 17.0. The van der Waals surface area contributed by atoms with Gasteiger partial charge in [-0.15, -0.1) is 0 Å². The van der Waals surface area contributed by atoms with Gasteiger partial charge in [-0.25, -0.2) is 0 Å². The van der Waals surface area contributed by atoms with E-state index in [4.69, 9.17) is 14.2 Å². The normalized spacial score (nSPS) is 16.5. The SMILES string of the molecule is CCCOc1ccc(/C(O)=C2/C(=O)C(=O)N(c3cc(C)cc(C)c3)C2c2ccc(OC)c(OCC)c2)cc1C. The molecule has 7 nitrogen and oxygen atoms in total. The molecule has 204 valence electrons. The summed E-state index contributed by atoms with van der Waals surface area (Å²) in [5, 5.41) is 11.6. The Morgan fingerprint density at radius 3 is 2.18 bits per heavy atom. The number of hydrogen-bond donors (Lipinski definition) is 1. The number of nitrogens with zero attached hydrogens (tertiary/aromatic N) is 1. The minimum atomic E-state index is -0.882. The molecule has 1 saturated heterocycles. The number of Topliss-reactive ketones (excluding diaryl/α,β-unsaturated/α-hetero) is 1. The van der Waals surface area contributed by atoms with Crippen molar-refractivity contribution >= 4 is 23.1 Å². The molecule has 7 heteroatoms. The zero-order chi connectivity index (χ0) is 28.3. The molecule has 0 aromatic heterocycles. The van der Waals surface area contributed by atoms with E-state index in [9.17, 15) is 14.7 Å². The molecule has 1 aliphatic heterocycles. The average molecular weight is 530 g/mol. The van der Waals surface area contributed by atoms with Crippen molar-refractivity contribution in [3.8, 4) is 17.2 Å². The number of benzene rings is 3. The molecule has 1 heterocycles. The summed E-state index contributed by atoms with van der Waals surface area (Å²) in [4.78, 5) is 28.6. The lowest BCUT2D eigenvalue weighted by Crippen LogP contribution is -2.29. The summed E-state index contributed by atoms with van der Waals surface area (Å²) in [6.45, 7) is 10.6. The monoisotopic (exact) mass is 529 g/mol. The summed E-state index contributed by atoms with van der Waals surface area (Å²) in [6.07, 6.45) is 0.870. The molecule has 0 bridgehead atoms. The van der Waals surface area contributed by atoms with Gasteiger partial charge in [0, 0.05) is 11.3 Å². The molecule has 39 heavy (non-hydrogen) atoms. The van der Waals surface area contributed by atoms with E-state index in [0.717, 1.165) is 23.1 Å². The number of ether oxygens (including phenoxy) is 3. The summed E-state index contributed by atoms with van der Waals surface area (Å²) in [5.41, 5.74) is 4.34. The second kappa shape index (κ2) is 11.6. The Labute approximate surface area is 229 Å². The molecule has 1 amide bonds. The summed E-state index contributed by atoms with van der Waals surface area (Å²) in [5.74, 6) is 0.00895. The number of aliphatic hydroxyl groups excluding tert-OH is 1. The molecule has 0 radical (unpaired) electrons. The maximum Gasteiger partial charge on any atom is 0.300 e. The zero-order valence-corrected chi connectivity index (χ0v) is 23.3. The lowest BCUT2D eigenvalue weighted by atomic mass is 9.94. The van der Waals surface area contributed by atoms with Crippen LogP contribution in [0.25, 0.3) is 5.76 Å². The molecule has 0 saturated carbocycles. The fraction of sp³-hybridized carbons (Fsp3) is 0.312. The Morgan fingerprint density at radius 1 is 0.872 bits per heavy atom. The summed E-state index contributed by atoms with van der Waals surface area (Å²) in [6, 6.07) is 15.4. The second-order valence-electron chi connectivity index (χ2n) is 9.69. The Bertz CT molecular complexity index is 1420. The van der Waals surface area contributed by atoms with E-state index in [-0.39, 0.29) is 11.3 Å². The standard InChI is InChI=1S/C32H35NO6/c1-7-13-39-25-11-10-23(17-21(25)5)30(34)28-29(22-9-12-26(37-6)27(18-22)38-8-2)33(32(36)31(28)35)24-15-19(3)14-20(4)16-24/h9-12,14-18,29,34H,7-8,13H2,1-6H3/b30-28-. The quantitative estimate of drug-likeness (QED) is 0.195. The van der Waals surface area contributed by atoms with Gasteiger partial charge >= 0.3 is 0 Å². The highest BCUT2D eigenvalue weighted by atomic mass is 16.5. The number of amides is 1. The van der Waals surface area contributed by atoms with Crippen LogP contribution < -0.4 is 19.1 Å². The minimum absolute atomic E-state index is 0.00778. The number of aryl methyl sites for hydroxylation is 3. The van der Waals surface area contributed by atoms with Crippen molar-refractivity contribution in [2.45, 2.75) is 47.1 Å².